The van der Waals surface area contributed by atoms with Crippen LogP contribution in [-0.2, 0) is 12.8 Å². The molecule has 3 aromatic rings. The van der Waals surface area contributed by atoms with Gasteiger partial charge in [0.1, 0.15) is 6.10 Å². The van der Waals surface area contributed by atoms with Gasteiger partial charge in [0.2, 0.25) is 0 Å². The topological polar surface area (TPSA) is 55.8 Å². The number of carbonyl (C=O) groups is 1. The highest BCUT2D eigenvalue weighted by Gasteiger charge is 2.23. The molecule has 0 fully saturated rings. The van der Waals surface area contributed by atoms with Gasteiger partial charge in [-0.1, -0.05) is 42.5 Å². The summed E-state index contributed by atoms with van der Waals surface area (Å²) in [5.74, 6) is 0.466. The summed E-state index contributed by atoms with van der Waals surface area (Å²) in [6, 6.07) is 21.0. The SMILES string of the molecule is COc1ccc(-c2ccc(C(=O)O)cc2)cc1OC1Cc2ccccc2C1. The standard InChI is InChI=1S/C23H20O4/c1-26-21-11-10-19(15-6-8-16(9-7-15)23(24)25)14-22(21)27-20-12-17-4-2-3-5-18(17)13-20/h2-11,14,20H,12-13H2,1H3,(H,24,25). The molecule has 4 nitrogen and oxygen atoms in total. The number of aromatic carboxylic acids is 1. The van der Waals surface area contributed by atoms with E-state index in [1.807, 2.05) is 18.2 Å². The van der Waals surface area contributed by atoms with Crippen LogP contribution in [0.1, 0.15) is 21.5 Å². The molecule has 27 heavy (non-hydrogen) atoms. The molecule has 0 aliphatic heterocycles. The number of benzene rings is 3. The minimum absolute atomic E-state index is 0.0842. The highest BCUT2D eigenvalue weighted by atomic mass is 16.5. The Balaban J connectivity index is 1.59. The molecule has 0 atom stereocenters. The lowest BCUT2D eigenvalue weighted by Gasteiger charge is -2.17. The Bertz CT molecular complexity index is 951. The fourth-order valence-electron chi connectivity index (χ4n) is 3.54. The third-order valence-electron chi connectivity index (χ3n) is 4.94. The molecule has 0 amide bonds. The number of methoxy groups -OCH3 is 1. The van der Waals surface area contributed by atoms with Crippen molar-refractivity contribution in [2.45, 2.75) is 18.9 Å². The van der Waals surface area contributed by atoms with Gasteiger partial charge in [0.15, 0.2) is 11.5 Å². The summed E-state index contributed by atoms with van der Waals surface area (Å²) in [5, 5.41) is 9.06. The second-order valence-corrected chi connectivity index (χ2v) is 6.66. The van der Waals surface area contributed by atoms with E-state index in [1.54, 1.807) is 31.4 Å². The van der Waals surface area contributed by atoms with Crippen LogP contribution in [-0.4, -0.2) is 24.3 Å². The van der Waals surface area contributed by atoms with Crippen molar-refractivity contribution in [3.05, 3.63) is 83.4 Å². The number of fused-ring (bicyclic) bond motifs is 1. The maximum absolute atomic E-state index is 11.0. The van der Waals surface area contributed by atoms with Gasteiger partial charge in [-0.3, -0.25) is 0 Å². The quantitative estimate of drug-likeness (QED) is 0.722. The monoisotopic (exact) mass is 360 g/mol. The van der Waals surface area contributed by atoms with Crippen molar-refractivity contribution in [2.24, 2.45) is 0 Å². The Morgan fingerprint density at radius 2 is 1.52 bits per heavy atom. The van der Waals surface area contributed by atoms with E-state index in [4.69, 9.17) is 14.6 Å². The van der Waals surface area contributed by atoms with Gasteiger partial charge >= 0.3 is 5.97 Å². The molecule has 0 spiro atoms. The van der Waals surface area contributed by atoms with Gasteiger partial charge in [-0.25, -0.2) is 4.79 Å². The van der Waals surface area contributed by atoms with Gasteiger partial charge in [-0.15, -0.1) is 0 Å². The summed E-state index contributed by atoms with van der Waals surface area (Å²) in [7, 11) is 1.63. The molecule has 1 aliphatic rings. The molecule has 1 N–H and O–H groups in total. The molecule has 3 aromatic carbocycles. The predicted octanol–water partition coefficient (Wildman–Crippen LogP) is 4.61. The molecule has 0 radical (unpaired) electrons. The highest BCUT2D eigenvalue weighted by Crippen LogP contribution is 2.35. The fourth-order valence-corrected chi connectivity index (χ4v) is 3.54. The fraction of sp³-hybridized carbons (Fsp3) is 0.174. The zero-order valence-corrected chi connectivity index (χ0v) is 15.0. The summed E-state index contributed by atoms with van der Waals surface area (Å²) in [5.41, 5.74) is 4.83. The van der Waals surface area contributed by atoms with Crippen LogP contribution in [0.4, 0.5) is 0 Å². The van der Waals surface area contributed by atoms with Crippen molar-refractivity contribution in [1.29, 1.82) is 0 Å². The lowest BCUT2D eigenvalue weighted by atomic mass is 10.0. The largest absolute Gasteiger partial charge is 0.493 e. The van der Waals surface area contributed by atoms with Gasteiger partial charge in [-0.05, 0) is 46.5 Å². The molecule has 0 saturated carbocycles. The van der Waals surface area contributed by atoms with E-state index in [0.29, 0.717) is 11.5 Å². The Morgan fingerprint density at radius 3 is 2.11 bits per heavy atom. The van der Waals surface area contributed by atoms with Gasteiger partial charge in [0.25, 0.3) is 0 Å². The summed E-state index contributed by atoms with van der Waals surface area (Å²) < 4.78 is 11.8. The number of carboxylic acid groups (broad SMARTS) is 1. The number of ether oxygens (including phenoxy) is 2. The van der Waals surface area contributed by atoms with Crippen LogP contribution in [0.25, 0.3) is 11.1 Å². The molecule has 0 bridgehead atoms. The van der Waals surface area contributed by atoms with Crippen molar-refractivity contribution in [1.82, 2.24) is 0 Å². The van der Waals surface area contributed by atoms with E-state index < -0.39 is 5.97 Å². The summed E-state index contributed by atoms with van der Waals surface area (Å²) in [6.07, 6.45) is 1.86. The zero-order chi connectivity index (χ0) is 18.8. The van der Waals surface area contributed by atoms with E-state index in [-0.39, 0.29) is 11.7 Å². The number of hydrogen-bond donors (Lipinski definition) is 1. The number of hydrogen-bond acceptors (Lipinski definition) is 3. The Kier molecular flexibility index (Phi) is 4.55. The summed E-state index contributed by atoms with van der Waals surface area (Å²) in [6.45, 7) is 0. The Hall–Kier alpha value is -3.27. The first-order valence-electron chi connectivity index (χ1n) is 8.89. The average Bonchev–Trinajstić information content (AvgIpc) is 3.10. The molecule has 0 saturated heterocycles. The maximum atomic E-state index is 11.0. The van der Waals surface area contributed by atoms with Crippen LogP contribution >= 0.6 is 0 Å². The maximum Gasteiger partial charge on any atom is 0.335 e. The molecule has 0 unspecified atom stereocenters. The van der Waals surface area contributed by atoms with Gasteiger partial charge in [-0.2, -0.15) is 0 Å². The molecule has 0 aromatic heterocycles. The number of rotatable bonds is 5. The van der Waals surface area contributed by atoms with E-state index in [1.165, 1.54) is 11.1 Å². The lowest BCUT2D eigenvalue weighted by molar-refractivity contribution is 0.0697. The first-order chi connectivity index (χ1) is 13.1. The predicted molar refractivity (Wildman–Crippen MR) is 104 cm³/mol. The van der Waals surface area contributed by atoms with Gasteiger partial charge < -0.3 is 14.6 Å². The van der Waals surface area contributed by atoms with Crippen molar-refractivity contribution in [3.63, 3.8) is 0 Å². The smallest absolute Gasteiger partial charge is 0.335 e. The third kappa shape index (κ3) is 3.51. The molecular weight excluding hydrogens is 340 g/mol. The molecule has 1 aliphatic carbocycles. The van der Waals surface area contributed by atoms with E-state index >= 15 is 0 Å². The molecule has 0 heterocycles. The van der Waals surface area contributed by atoms with Gasteiger partial charge in [0.05, 0.1) is 12.7 Å². The normalized spacial score (nSPS) is 13.2. The summed E-state index contributed by atoms with van der Waals surface area (Å²) >= 11 is 0. The van der Waals surface area contributed by atoms with E-state index in [9.17, 15) is 4.79 Å². The zero-order valence-electron chi connectivity index (χ0n) is 15.0. The second kappa shape index (κ2) is 7.16. The third-order valence-corrected chi connectivity index (χ3v) is 4.94. The van der Waals surface area contributed by atoms with E-state index in [0.717, 1.165) is 24.0 Å². The second-order valence-electron chi connectivity index (χ2n) is 6.66. The average molecular weight is 360 g/mol. The van der Waals surface area contributed by atoms with E-state index in [2.05, 4.69) is 24.3 Å². The highest BCUT2D eigenvalue weighted by molar-refractivity contribution is 5.88. The van der Waals surface area contributed by atoms with Crippen molar-refractivity contribution in [2.75, 3.05) is 7.11 Å². The number of carboxylic acids is 1. The Morgan fingerprint density at radius 1 is 0.889 bits per heavy atom. The molecule has 136 valence electrons. The van der Waals surface area contributed by atoms with Crippen molar-refractivity contribution >= 4 is 5.97 Å². The molecular formula is C23H20O4. The minimum atomic E-state index is -0.930. The lowest BCUT2D eigenvalue weighted by Crippen LogP contribution is -2.16. The molecule has 4 heteroatoms. The van der Waals surface area contributed by atoms with Gasteiger partial charge in [0, 0.05) is 12.8 Å². The first-order valence-corrected chi connectivity index (χ1v) is 8.89. The van der Waals surface area contributed by atoms with Crippen LogP contribution in [0.15, 0.2) is 66.7 Å². The van der Waals surface area contributed by atoms with Crippen molar-refractivity contribution in [3.8, 4) is 22.6 Å². The van der Waals surface area contributed by atoms with Crippen LogP contribution < -0.4 is 9.47 Å². The van der Waals surface area contributed by atoms with Crippen LogP contribution in [0.5, 0.6) is 11.5 Å². The molecule has 4 rings (SSSR count). The summed E-state index contributed by atoms with van der Waals surface area (Å²) in [4.78, 5) is 11.0. The first kappa shape index (κ1) is 17.2. The van der Waals surface area contributed by atoms with Crippen LogP contribution in [0, 0.1) is 0 Å². The minimum Gasteiger partial charge on any atom is -0.493 e. The van der Waals surface area contributed by atoms with Crippen LogP contribution in [0.2, 0.25) is 0 Å². The van der Waals surface area contributed by atoms with Crippen LogP contribution in [0.3, 0.4) is 0 Å². The van der Waals surface area contributed by atoms with Crippen molar-refractivity contribution < 1.29 is 19.4 Å². The Labute approximate surface area is 158 Å².